The fraction of sp³-hybridized carbons (Fsp3) is 0.370. The van der Waals surface area contributed by atoms with Gasteiger partial charge in [0.2, 0.25) is 5.91 Å². The Morgan fingerprint density at radius 1 is 1.22 bits per heavy atom. The summed E-state index contributed by atoms with van der Waals surface area (Å²) in [5, 5.41) is 3.77. The summed E-state index contributed by atoms with van der Waals surface area (Å²) in [7, 11) is 1.61. The molecule has 1 N–H and O–H groups in total. The Kier molecular flexibility index (Phi) is 7.36. The lowest BCUT2D eigenvalue weighted by Gasteiger charge is -2.29. The largest absolute Gasteiger partial charge is 0.497 e. The van der Waals surface area contributed by atoms with E-state index in [-0.39, 0.29) is 31.2 Å². The Morgan fingerprint density at radius 2 is 2.03 bits per heavy atom. The lowest BCUT2D eigenvalue weighted by molar-refractivity contribution is -0.120. The molecule has 3 aromatic rings. The molecule has 0 bridgehead atoms. The SMILES string of the molecule is COc1ccc2cc(CC(=O)NC[C@H]3CN(c4ccc(N5CCSCC5)c(F)c4)C(=O)O3)c(C)nc2c1. The molecule has 1 atom stereocenters. The maximum Gasteiger partial charge on any atom is 0.414 e. The Labute approximate surface area is 219 Å². The zero-order chi connectivity index (χ0) is 25.9. The number of amides is 2. The first-order valence-corrected chi connectivity index (χ1v) is 13.4. The van der Waals surface area contributed by atoms with E-state index in [9.17, 15) is 14.0 Å². The average Bonchev–Trinajstić information content (AvgIpc) is 3.28. The lowest BCUT2D eigenvalue weighted by atomic mass is 10.1. The topological polar surface area (TPSA) is 84.0 Å². The van der Waals surface area contributed by atoms with Gasteiger partial charge in [-0.25, -0.2) is 9.18 Å². The number of benzene rings is 2. The fourth-order valence-electron chi connectivity index (χ4n) is 4.62. The molecule has 2 fully saturated rings. The first-order chi connectivity index (χ1) is 17.9. The van der Waals surface area contributed by atoms with Gasteiger partial charge >= 0.3 is 6.09 Å². The zero-order valence-electron chi connectivity index (χ0n) is 20.8. The van der Waals surface area contributed by atoms with E-state index in [1.807, 2.05) is 47.9 Å². The van der Waals surface area contributed by atoms with Crippen LogP contribution >= 0.6 is 11.8 Å². The molecule has 0 aliphatic carbocycles. The minimum atomic E-state index is -0.550. The number of carbonyl (C=O) groups excluding carboxylic acids is 2. The summed E-state index contributed by atoms with van der Waals surface area (Å²) in [6, 6.07) is 12.4. The van der Waals surface area contributed by atoms with Crippen LogP contribution in [0.15, 0.2) is 42.5 Å². The van der Waals surface area contributed by atoms with Gasteiger partial charge in [0.1, 0.15) is 17.7 Å². The fourth-order valence-corrected chi connectivity index (χ4v) is 5.52. The van der Waals surface area contributed by atoms with E-state index in [1.54, 1.807) is 19.2 Å². The molecule has 10 heteroatoms. The smallest absolute Gasteiger partial charge is 0.414 e. The predicted molar refractivity (Wildman–Crippen MR) is 143 cm³/mol. The van der Waals surface area contributed by atoms with Crippen molar-refractivity contribution in [2.45, 2.75) is 19.4 Å². The number of aromatic nitrogens is 1. The molecule has 2 aliphatic heterocycles. The maximum absolute atomic E-state index is 14.8. The summed E-state index contributed by atoms with van der Waals surface area (Å²) in [4.78, 5) is 33.2. The number of methoxy groups -OCH3 is 1. The van der Waals surface area contributed by atoms with Crippen molar-refractivity contribution >= 4 is 46.0 Å². The van der Waals surface area contributed by atoms with Crippen LogP contribution in [-0.2, 0) is 16.0 Å². The van der Waals surface area contributed by atoms with E-state index in [2.05, 4.69) is 10.3 Å². The van der Waals surface area contributed by atoms with E-state index >= 15 is 0 Å². The van der Waals surface area contributed by atoms with Gasteiger partial charge < -0.3 is 19.7 Å². The van der Waals surface area contributed by atoms with E-state index in [0.29, 0.717) is 11.4 Å². The highest BCUT2D eigenvalue weighted by atomic mass is 32.2. The normalized spacial score (nSPS) is 17.7. The monoisotopic (exact) mass is 524 g/mol. The quantitative estimate of drug-likeness (QED) is 0.502. The van der Waals surface area contributed by atoms with Crippen LogP contribution in [-0.4, -0.2) is 67.9 Å². The summed E-state index contributed by atoms with van der Waals surface area (Å²) in [6.45, 7) is 3.88. The van der Waals surface area contributed by atoms with Gasteiger partial charge in [0.15, 0.2) is 0 Å². The third kappa shape index (κ3) is 5.58. The minimum Gasteiger partial charge on any atom is -0.497 e. The first kappa shape index (κ1) is 25.1. The number of rotatable bonds is 7. The molecular formula is C27H29FN4O4S. The molecule has 2 aliphatic rings. The summed E-state index contributed by atoms with van der Waals surface area (Å²) in [5.74, 6) is 2.12. The standard InChI is InChI=1S/C27H29FN4O4S/c1-17-19(11-18-3-5-21(35-2)14-24(18)30-17)12-26(33)29-15-22-16-32(27(34)36-22)20-4-6-25(23(28)13-20)31-7-9-37-10-8-31/h3-6,11,13-14,22H,7-10,12,15-16H2,1-2H3,(H,29,33)/t22-/m0/s1. The Hall–Kier alpha value is -3.53. The van der Waals surface area contributed by atoms with Gasteiger partial charge in [-0.1, -0.05) is 0 Å². The highest BCUT2D eigenvalue weighted by Crippen LogP contribution is 2.29. The number of fused-ring (bicyclic) bond motifs is 1. The Balaban J connectivity index is 1.17. The number of hydrogen-bond donors (Lipinski definition) is 1. The van der Waals surface area contributed by atoms with E-state index < -0.39 is 12.2 Å². The number of pyridine rings is 1. The predicted octanol–water partition coefficient (Wildman–Crippen LogP) is 3.93. The Morgan fingerprint density at radius 3 is 2.78 bits per heavy atom. The van der Waals surface area contributed by atoms with Crippen molar-refractivity contribution in [3.63, 3.8) is 0 Å². The number of hydrogen-bond acceptors (Lipinski definition) is 7. The molecule has 37 heavy (non-hydrogen) atoms. The molecule has 0 unspecified atom stereocenters. The second kappa shape index (κ2) is 10.8. The number of ether oxygens (including phenoxy) is 2. The molecule has 2 amide bonds. The molecule has 1 aromatic heterocycles. The van der Waals surface area contributed by atoms with Crippen molar-refractivity contribution < 1.29 is 23.5 Å². The van der Waals surface area contributed by atoms with Crippen molar-refractivity contribution in [2.24, 2.45) is 0 Å². The number of halogens is 1. The van der Waals surface area contributed by atoms with Gasteiger partial charge in [0.05, 0.1) is 43.5 Å². The number of carbonyl (C=O) groups is 2. The summed E-state index contributed by atoms with van der Waals surface area (Å²) in [5.41, 5.74) is 3.39. The third-order valence-corrected chi connectivity index (χ3v) is 7.61. The van der Waals surface area contributed by atoms with E-state index in [0.717, 1.165) is 52.5 Å². The van der Waals surface area contributed by atoms with Gasteiger partial charge in [-0.05, 0) is 48.9 Å². The molecule has 3 heterocycles. The van der Waals surface area contributed by atoms with Crippen LogP contribution in [0.3, 0.4) is 0 Å². The summed E-state index contributed by atoms with van der Waals surface area (Å²) >= 11 is 1.86. The molecular weight excluding hydrogens is 495 g/mol. The van der Waals surface area contributed by atoms with Crippen molar-refractivity contribution in [3.05, 3.63) is 59.5 Å². The van der Waals surface area contributed by atoms with Gasteiger partial charge in [-0.3, -0.25) is 14.7 Å². The van der Waals surface area contributed by atoms with Crippen molar-refractivity contribution in [1.82, 2.24) is 10.3 Å². The molecule has 194 valence electrons. The van der Waals surface area contributed by atoms with Crippen molar-refractivity contribution in [2.75, 3.05) is 54.6 Å². The van der Waals surface area contributed by atoms with Crippen LogP contribution < -0.4 is 19.9 Å². The molecule has 8 nitrogen and oxygen atoms in total. The number of nitrogens with one attached hydrogen (secondary N) is 1. The van der Waals surface area contributed by atoms with Crippen LogP contribution in [0.5, 0.6) is 5.75 Å². The minimum absolute atomic E-state index is 0.160. The summed E-state index contributed by atoms with van der Waals surface area (Å²) < 4.78 is 25.5. The molecule has 2 saturated heterocycles. The lowest BCUT2D eigenvalue weighted by Crippen LogP contribution is -2.35. The molecule has 2 aromatic carbocycles. The van der Waals surface area contributed by atoms with Crippen LogP contribution in [0.2, 0.25) is 0 Å². The number of thioether (sulfide) groups is 1. The number of nitrogens with zero attached hydrogens (tertiary/aromatic N) is 3. The van der Waals surface area contributed by atoms with Gasteiger partial charge in [-0.2, -0.15) is 11.8 Å². The summed E-state index contributed by atoms with van der Waals surface area (Å²) in [6.07, 6.45) is -0.917. The van der Waals surface area contributed by atoms with Gasteiger partial charge in [0.25, 0.3) is 0 Å². The Bertz CT molecular complexity index is 1330. The van der Waals surface area contributed by atoms with E-state index in [1.165, 1.54) is 11.0 Å². The first-order valence-electron chi connectivity index (χ1n) is 12.2. The highest BCUT2D eigenvalue weighted by molar-refractivity contribution is 7.99. The number of aryl methyl sites for hydroxylation is 1. The van der Waals surface area contributed by atoms with Crippen LogP contribution in [0, 0.1) is 12.7 Å². The van der Waals surface area contributed by atoms with Crippen LogP contribution in [0.4, 0.5) is 20.6 Å². The average molecular weight is 525 g/mol. The number of anilines is 2. The van der Waals surface area contributed by atoms with Gasteiger partial charge in [0, 0.05) is 41.7 Å². The second-order valence-corrected chi connectivity index (χ2v) is 10.3. The van der Waals surface area contributed by atoms with Crippen LogP contribution in [0.25, 0.3) is 10.9 Å². The molecule has 0 spiro atoms. The molecule has 0 saturated carbocycles. The van der Waals surface area contributed by atoms with Gasteiger partial charge in [-0.15, -0.1) is 0 Å². The molecule has 0 radical (unpaired) electrons. The van der Waals surface area contributed by atoms with Crippen LogP contribution in [0.1, 0.15) is 11.3 Å². The van der Waals surface area contributed by atoms with E-state index in [4.69, 9.17) is 9.47 Å². The van der Waals surface area contributed by atoms with Crippen molar-refractivity contribution in [3.8, 4) is 5.75 Å². The third-order valence-electron chi connectivity index (χ3n) is 6.67. The molecule has 5 rings (SSSR count). The second-order valence-electron chi connectivity index (χ2n) is 9.12. The zero-order valence-corrected chi connectivity index (χ0v) is 21.6. The van der Waals surface area contributed by atoms with Crippen molar-refractivity contribution in [1.29, 1.82) is 0 Å². The highest BCUT2D eigenvalue weighted by Gasteiger charge is 2.33. The maximum atomic E-state index is 14.8. The number of cyclic esters (lactones) is 1.